The van der Waals surface area contributed by atoms with Gasteiger partial charge in [-0.1, -0.05) is 18.3 Å². The third-order valence-corrected chi connectivity index (χ3v) is 3.34. The number of aromatic amines is 1. The van der Waals surface area contributed by atoms with Crippen molar-refractivity contribution >= 4 is 16.5 Å². The van der Waals surface area contributed by atoms with Gasteiger partial charge in [0, 0.05) is 12.2 Å². The number of pyridine rings is 1. The first-order valence-corrected chi connectivity index (χ1v) is 6.30. The van der Waals surface area contributed by atoms with E-state index in [-0.39, 0.29) is 5.56 Å². The molecule has 0 spiro atoms. The molecule has 1 unspecified atom stereocenters. The number of aromatic nitrogens is 3. The third kappa shape index (κ3) is 2.71. The van der Waals surface area contributed by atoms with Gasteiger partial charge < -0.3 is 10.3 Å². The highest BCUT2D eigenvalue weighted by Crippen LogP contribution is 2.24. The van der Waals surface area contributed by atoms with E-state index in [2.05, 4.69) is 34.3 Å². The Bertz CT molecular complexity index is 548. The number of hydrogen-bond acceptors (Lipinski definition) is 5. The molecule has 0 aliphatic carbocycles. The largest absolute Gasteiger partial charge is 0.358 e. The molecule has 0 saturated heterocycles. The van der Waals surface area contributed by atoms with Crippen molar-refractivity contribution in [2.45, 2.75) is 26.3 Å². The molecule has 2 heterocycles. The van der Waals surface area contributed by atoms with Crippen LogP contribution in [0.4, 0.5) is 5.13 Å². The molecule has 0 amide bonds. The van der Waals surface area contributed by atoms with E-state index in [0.717, 1.165) is 11.6 Å². The van der Waals surface area contributed by atoms with Gasteiger partial charge in [-0.3, -0.25) is 4.79 Å². The van der Waals surface area contributed by atoms with Gasteiger partial charge in [0.25, 0.3) is 5.56 Å². The SMILES string of the molecule is CCC(C)Nc1nnc(-c2ccc[nH]c2=O)s1. The molecule has 17 heavy (non-hydrogen) atoms. The van der Waals surface area contributed by atoms with E-state index in [1.165, 1.54) is 11.3 Å². The molecule has 0 radical (unpaired) electrons. The van der Waals surface area contributed by atoms with E-state index < -0.39 is 0 Å². The van der Waals surface area contributed by atoms with E-state index in [0.29, 0.717) is 16.6 Å². The van der Waals surface area contributed by atoms with Crippen LogP contribution in [-0.4, -0.2) is 21.2 Å². The van der Waals surface area contributed by atoms with E-state index >= 15 is 0 Å². The zero-order valence-corrected chi connectivity index (χ0v) is 10.5. The van der Waals surface area contributed by atoms with Crippen LogP contribution in [-0.2, 0) is 0 Å². The fraction of sp³-hybridized carbons (Fsp3) is 0.364. The summed E-state index contributed by atoms with van der Waals surface area (Å²) in [6.45, 7) is 4.18. The lowest BCUT2D eigenvalue weighted by atomic mass is 10.3. The summed E-state index contributed by atoms with van der Waals surface area (Å²) in [7, 11) is 0. The second-order valence-electron chi connectivity index (χ2n) is 3.78. The molecule has 0 fully saturated rings. The van der Waals surface area contributed by atoms with E-state index in [4.69, 9.17) is 0 Å². The van der Waals surface area contributed by atoms with Crippen molar-refractivity contribution in [1.82, 2.24) is 15.2 Å². The predicted octanol–water partition coefficient (Wildman–Crippen LogP) is 2.10. The van der Waals surface area contributed by atoms with Crippen LogP contribution in [0.15, 0.2) is 23.1 Å². The Labute approximate surface area is 103 Å². The van der Waals surface area contributed by atoms with Gasteiger partial charge in [-0.05, 0) is 25.5 Å². The molecule has 0 bridgehead atoms. The van der Waals surface area contributed by atoms with Crippen LogP contribution >= 0.6 is 11.3 Å². The Balaban J connectivity index is 2.24. The minimum Gasteiger partial charge on any atom is -0.358 e. The molecular formula is C11H14N4OS. The fourth-order valence-corrected chi connectivity index (χ4v) is 2.17. The first-order chi connectivity index (χ1) is 8.20. The number of hydrogen-bond donors (Lipinski definition) is 2. The number of H-pyrrole nitrogens is 1. The topological polar surface area (TPSA) is 70.7 Å². The van der Waals surface area contributed by atoms with Gasteiger partial charge >= 0.3 is 0 Å². The lowest BCUT2D eigenvalue weighted by molar-refractivity contribution is 0.760. The average molecular weight is 250 g/mol. The summed E-state index contributed by atoms with van der Waals surface area (Å²) in [5.41, 5.74) is 0.418. The minimum atomic E-state index is -0.140. The predicted molar refractivity (Wildman–Crippen MR) is 69.3 cm³/mol. The fourth-order valence-electron chi connectivity index (χ4n) is 1.29. The summed E-state index contributed by atoms with van der Waals surface area (Å²) in [4.78, 5) is 14.2. The highest BCUT2D eigenvalue weighted by molar-refractivity contribution is 7.18. The molecular weight excluding hydrogens is 236 g/mol. The quantitative estimate of drug-likeness (QED) is 0.871. The molecule has 2 N–H and O–H groups in total. The first kappa shape index (κ1) is 11.8. The van der Waals surface area contributed by atoms with Gasteiger partial charge in [0.05, 0.1) is 5.56 Å². The maximum absolute atomic E-state index is 11.6. The third-order valence-electron chi connectivity index (χ3n) is 2.46. The van der Waals surface area contributed by atoms with Crippen LogP contribution in [0.2, 0.25) is 0 Å². The molecule has 6 heteroatoms. The smallest absolute Gasteiger partial charge is 0.258 e. The molecule has 0 aromatic carbocycles. The Hall–Kier alpha value is -1.69. The maximum Gasteiger partial charge on any atom is 0.258 e. The van der Waals surface area contributed by atoms with Crippen LogP contribution in [0.5, 0.6) is 0 Å². The van der Waals surface area contributed by atoms with Gasteiger partial charge in [0.1, 0.15) is 0 Å². The first-order valence-electron chi connectivity index (χ1n) is 5.48. The van der Waals surface area contributed by atoms with Crippen LogP contribution in [0, 0.1) is 0 Å². The molecule has 90 valence electrons. The van der Waals surface area contributed by atoms with Crippen molar-refractivity contribution in [3.63, 3.8) is 0 Å². The summed E-state index contributed by atoms with van der Waals surface area (Å²) in [5.74, 6) is 0. The van der Waals surface area contributed by atoms with Gasteiger partial charge in [-0.25, -0.2) is 0 Å². The maximum atomic E-state index is 11.6. The molecule has 5 nitrogen and oxygen atoms in total. The molecule has 2 aromatic heterocycles. The summed E-state index contributed by atoms with van der Waals surface area (Å²) < 4.78 is 0. The lowest BCUT2D eigenvalue weighted by Crippen LogP contribution is -2.12. The monoisotopic (exact) mass is 250 g/mol. The zero-order chi connectivity index (χ0) is 12.3. The normalized spacial score (nSPS) is 12.4. The summed E-state index contributed by atoms with van der Waals surface area (Å²) in [6, 6.07) is 3.87. The van der Waals surface area contributed by atoms with E-state index in [1.807, 2.05) is 0 Å². The Morgan fingerprint density at radius 2 is 2.35 bits per heavy atom. The Morgan fingerprint density at radius 1 is 1.53 bits per heavy atom. The summed E-state index contributed by atoms with van der Waals surface area (Å²) in [5, 5.41) is 12.7. The number of nitrogens with one attached hydrogen (secondary N) is 2. The molecule has 2 aromatic rings. The van der Waals surface area contributed by atoms with Gasteiger partial charge in [0.15, 0.2) is 5.01 Å². The minimum absolute atomic E-state index is 0.140. The van der Waals surface area contributed by atoms with Crippen molar-refractivity contribution in [2.75, 3.05) is 5.32 Å². The second kappa shape index (κ2) is 5.09. The standard InChI is InChI=1S/C11H14N4OS/c1-3-7(2)13-11-15-14-10(17-11)8-5-4-6-12-9(8)16/h4-7H,3H2,1-2H3,(H,12,16)(H,13,15). The lowest BCUT2D eigenvalue weighted by Gasteiger charge is -2.07. The molecule has 1 atom stereocenters. The Kier molecular flexibility index (Phi) is 3.53. The van der Waals surface area contributed by atoms with Gasteiger partial charge in [-0.15, -0.1) is 10.2 Å². The second-order valence-corrected chi connectivity index (χ2v) is 4.76. The highest BCUT2D eigenvalue weighted by atomic mass is 32.1. The van der Waals surface area contributed by atoms with Crippen molar-refractivity contribution in [1.29, 1.82) is 0 Å². The highest BCUT2D eigenvalue weighted by Gasteiger charge is 2.10. The van der Waals surface area contributed by atoms with Crippen molar-refractivity contribution in [3.05, 3.63) is 28.7 Å². The van der Waals surface area contributed by atoms with Gasteiger partial charge in [-0.2, -0.15) is 0 Å². The van der Waals surface area contributed by atoms with Crippen molar-refractivity contribution in [3.8, 4) is 10.6 Å². The van der Waals surface area contributed by atoms with Gasteiger partial charge in [0.2, 0.25) is 5.13 Å². The van der Waals surface area contributed by atoms with E-state index in [1.54, 1.807) is 18.3 Å². The Morgan fingerprint density at radius 3 is 3.06 bits per heavy atom. The van der Waals surface area contributed by atoms with Crippen LogP contribution in [0.25, 0.3) is 10.6 Å². The van der Waals surface area contributed by atoms with Crippen molar-refractivity contribution in [2.24, 2.45) is 0 Å². The molecule has 2 rings (SSSR count). The average Bonchev–Trinajstić information content (AvgIpc) is 2.78. The molecule has 0 aliphatic rings. The summed E-state index contributed by atoms with van der Waals surface area (Å²) >= 11 is 1.39. The number of anilines is 1. The summed E-state index contributed by atoms with van der Waals surface area (Å²) in [6.07, 6.45) is 2.62. The zero-order valence-electron chi connectivity index (χ0n) is 9.73. The van der Waals surface area contributed by atoms with E-state index in [9.17, 15) is 4.79 Å². The number of nitrogens with zero attached hydrogens (tertiary/aromatic N) is 2. The van der Waals surface area contributed by atoms with Crippen LogP contribution in [0.1, 0.15) is 20.3 Å². The van der Waals surface area contributed by atoms with Crippen LogP contribution < -0.4 is 10.9 Å². The molecule has 0 saturated carbocycles. The molecule has 0 aliphatic heterocycles. The number of rotatable bonds is 4. The van der Waals surface area contributed by atoms with Crippen molar-refractivity contribution < 1.29 is 0 Å². The van der Waals surface area contributed by atoms with Crippen LogP contribution in [0.3, 0.4) is 0 Å².